The Hall–Kier alpha value is -5.38. The van der Waals surface area contributed by atoms with Gasteiger partial charge in [-0.3, -0.25) is 33.0 Å². The summed E-state index contributed by atoms with van der Waals surface area (Å²) in [7, 11) is -5.81. The number of phosphoric acid groups is 1. The van der Waals surface area contributed by atoms with Crippen molar-refractivity contribution in [3.05, 3.63) is 34.8 Å². The molecule has 1 aliphatic carbocycles. The third kappa shape index (κ3) is 19.3. The van der Waals surface area contributed by atoms with Gasteiger partial charge in [-0.1, -0.05) is 23.3 Å². The van der Waals surface area contributed by atoms with Gasteiger partial charge in [0.1, 0.15) is 102 Å². The summed E-state index contributed by atoms with van der Waals surface area (Å²) in [4.78, 5) is 101. The molecule has 534 valence electrons. The van der Waals surface area contributed by atoms with E-state index in [1.165, 1.54) is 6.92 Å². The van der Waals surface area contributed by atoms with Gasteiger partial charge in [0, 0.05) is 26.7 Å². The van der Waals surface area contributed by atoms with Gasteiger partial charge >= 0.3 is 19.9 Å². The number of aliphatic hydroxyl groups excluding tert-OH is 10. The van der Waals surface area contributed by atoms with Crippen molar-refractivity contribution in [2.45, 2.75) is 233 Å². The molecule has 5 heterocycles. The fraction of sp³-hybridized carbons (Fsp3) is 0.759. The lowest BCUT2D eigenvalue weighted by Crippen LogP contribution is -2.72. The summed E-state index contributed by atoms with van der Waals surface area (Å²) in [6, 6.07) is -3.98. The van der Waals surface area contributed by atoms with Gasteiger partial charge in [0.25, 0.3) is 5.91 Å². The fourth-order valence-electron chi connectivity index (χ4n) is 10.8. The zero-order valence-electron chi connectivity index (χ0n) is 51.7. The molecule has 6 rings (SSSR count). The maximum Gasteiger partial charge on any atom is 0.474 e. The predicted octanol–water partition coefficient (Wildman–Crippen LogP) is -7.06. The zero-order chi connectivity index (χ0) is 70.2. The van der Waals surface area contributed by atoms with E-state index in [9.17, 15) is 104 Å². The van der Waals surface area contributed by atoms with Crippen LogP contribution in [-0.2, 0) is 94.5 Å². The summed E-state index contributed by atoms with van der Waals surface area (Å²) in [6.45, 7) is 5.82. The zero-order valence-corrected chi connectivity index (χ0v) is 52.6. The second-order valence-electron chi connectivity index (χ2n) is 23.4. The Morgan fingerprint density at radius 2 is 1.30 bits per heavy atom. The number of carboxylic acid groups (broad SMARTS) is 1. The van der Waals surface area contributed by atoms with Gasteiger partial charge < -0.3 is 146 Å². The van der Waals surface area contributed by atoms with Gasteiger partial charge in [0.15, 0.2) is 67.8 Å². The molecule has 6 aliphatic rings. The van der Waals surface area contributed by atoms with Crippen molar-refractivity contribution >= 4 is 49.3 Å². The SMILES string of the molecule is CC(=O)N[C@H]1[C@H](O[C@H]2[C@H](O)[C@@H](NC(C)=O)[C@H](O[C@H]3[C@@H](OP(=O)(O)OC[C@@H](OC/C=C(\C)CCC=C(C)C)C(=O)O)O[C@H](C(N)=O)[C@@](C)(O)[C@@H]3OC(N)=O)O[C@@H]2CO[C@@H]2O[C@H](CO)[C@@H](O)[C@H](O)[C@H]2O)O[C@H](C)[C@@H](O[C@@H]2O[C@H](C(=O)NC3=C(O)CCC3=O)[C@H](O)[C@H](O)[C@H]2O)[C@@H]1O. The van der Waals surface area contributed by atoms with Crippen molar-refractivity contribution in [3.63, 3.8) is 0 Å². The summed E-state index contributed by atoms with van der Waals surface area (Å²) in [6.07, 6.45) is -46.2. The quantitative estimate of drug-likeness (QED) is 0.0256. The van der Waals surface area contributed by atoms with Crippen LogP contribution in [0.2, 0.25) is 0 Å². The first-order valence-corrected chi connectivity index (χ1v) is 30.9. The number of hydrogen-bond donors (Lipinski definition) is 18. The first kappa shape index (κ1) is 77.6. The number of aliphatic hydroxyl groups is 11. The predicted molar refractivity (Wildman–Crippen MR) is 303 cm³/mol. The number of amides is 5. The summed E-state index contributed by atoms with van der Waals surface area (Å²) in [5.74, 6) is -7.64. The van der Waals surface area contributed by atoms with Crippen LogP contribution in [0, 0.1) is 0 Å². The highest BCUT2D eigenvalue weighted by Crippen LogP contribution is 2.49. The summed E-state index contributed by atoms with van der Waals surface area (Å²) < 4.78 is 88.0. The number of carboxylic acids is 1. The molecule has 40 heteroatoms. The van der Waals surface area contributed by atoms with Crippen LogP contribution in [-0.4, -0.2) is 293 Å². The lowest BCUT2D eigenvalue weighted by Gasteiger charge is -2.52. The number of ketones is 1. The van der Waals surface area contributed by atoms with Gasteiger partial charge in [-0.15, -0.1) is 0 Å². The minimum absolute atomic E-state index is 0.125. The molecule has 0 bridgehead atoms. The molecule has 0 aromatic rings. The normalized spacial score (nSPS) is 39.0. The van der Waals surface area contributed by atoms with Crippen LogP contribution in [0.25, 0.3) is 0 Å². The Morgan fingerprint density at radius 3 is 1.86 bits per heavy atom. The lowest BCUT2D eigenvalue weighted by atomic mass is 9.85. The number of aliphatic carboxylic acids is 1. The van der Waals surface area contributed by atoms with Crippen molar-refractivity contribution in [3.8, 4) is 0 Å². The van der Waals surface area contributed by atoms with Crippen molar-refractivity contribution < 1.29 is 165 Å². The number of ether oxygens (including phenoxy) is 11. The number of hydrogen-bond acceptors (Lipinski definition) is 32. The minimum atomic E-state index is -5.81. The molecule has 94 heavy (non-hydrogen) atoms. The number of primary amides is 2. The molecule has 0 aromatic carbocycles. The van der Waals surface area contributed by atoms with Crippen LogP contribution in [0.3, 0.4) is 0 Å². The van der Waals surface area contributed by atoms with Crippen molar-refractivity contribution in [1.29, 1.82) is 0 Å². The third-order valence-corrected chi connectivity index (χ3v) is 16.7. The largest absolute Gasteiger partial charge is 0.510 e. The lowest BCUT2D eigenvalue weighted by molar-refractivity contribution is -0.375. The smallest absolute Gasteiger partial charge is 0.474 e. The summed E-state index contributed by atoms with van der Waals surface area (Å²) in [5.41, 5.74) is 9.42. The Morgan fingerprint density at radius 1 is 0.723 bits per heavy atom. The van der Waals surface area contributed by atoms with Crippen LogP contribution in [0.4, 0.5) is 4.79 Å². The number of Topliss-reactive ketones (excluding diaryl/α,β-unsaturated/α-hetero) is 1. The molecule has 39 nitrogen and oxygen atoms in total. The second-order valence-corrected chi connectivity index (χ2v) is 24.8. The Balaban J connectivity index is 1.34. The maximum absolute atomic E-state index is 13.9. The molecule has 0 radical (unpaired) electrons. The molecule has 0 saturated carbocycles. The van der Waals surface area contributed by atoms with Crippen LogP contribution < -0.4 is 27.4 Å². The highest BCUT2D eigenvalue weighted by molar-refractivity contribution is 7.47. The molecule has 5 fully saturated rings. The Bertz CT molecular complexity index is 2830. The van der Waals surface area contributed by atoms with Gasteiger partial charge in [0.05, 0.1) is 32.5 Å². The first-order valence-electron chi connectivity index (χ1n) is 29.4. The van der Waals surface area contributed by atoms with E-state index in [1.807, 2.05) is 19.9 Å². The van der Waals surface area contributed by atoms with Crippen molar-refractivity contribution in [1.82, 2.24) is 16.0 Å². The van der Waals surface area contributed by atoms with E-state index in [2.05, 4.69) is 16.0 Å². The number of carbonyl (C=O) groups is 7. The monoisotopic (exact) mass is 1380 g/mol. The van der Waals surface area contributed by atoms with Gasteiger partial charge in [0.2, 0.25) is 17.7 Å². The van der Waals surface area contributed by atoms with Gasteiger partial charge in [-0.2, -0.15) is 0 Å². The number of rotatable bonds is 28. The molecule has 5 saturated heterocycles. The first-order chi connectivity index (χ1) is 43.9. The molecule has 5 aliphatic heterocycles. The van der Waals surface area contributed by atoms with Crippen LogP contribution in [0.15, 0.2) is 34.8 Å². The number of carbonyl (C=O) groups excluding carboxylic acids is 6. The average molecular weight is 1380 g/mol. The molecular weight excluding hydrogens is 1290 g/mol. The fourth-order valence-corrected chi connectivity index (χ4v) is 11.6. The molecular formula is C54H84N5O34P. The van der Waals surface area contributed by atoms with E-state index in [1.54, 1.807) is 13.0 Å². The van der Waals surface area contributed by atoms with E-state index in [-0.39, 0.29) is 19.4 Å². The third-order valence-electron chi connectivity index (χ3n) is 15.8. The molecule has 20 N–H and O–H groups in total. The summed E-state index contributed by atoms with van der Waals surface area (Å²) in [5, 5.41) is 138. The van der Waals surface area contributed by atoms with E-state index < -0.39 is 240 Å². The highest BCUT2D eigenvalue weighted by atomic mass is 31.2. The highest BCUT2D eigenvalue weighted by Gasteiger charge is 2.62. The second kappa shape index (κ2) is 33.2. The molecule has 1 unspecified atom stereocenters. The average Bonchev–Trinajstić information content (AvgIpc) is 0.835. The number of nitrogens with two attached hydrogens (primary N) is 2. The molecule has 5 amide bonds. The Labute approximate surface area is 535 Å². The van der Waals surface area contributed by atoms with E-state index >= 15 is 0 Å². The molecule has 0 aromatic heterocycles. The van der Waals surface area contributed by atoms with Crippen LogP contribution in [0.1, 0.15) is 74.1 Å². The standard InChI is InChI=1S/C54H84N5O34P/c1-18(2)9-8-10-19(3)13-14-81-27(47(75)76)17-83-94(79,80)93-52-42(43(92-53(56)77)54(7,78)44(91-52)45(55)73)90-49-30(58-22(6)62)33(67)40(26(86-49)16-82-50-37(71)34(68)31(65)25(15-60)85-50)88-48-29(57-21(5)61)32(66)39(20(4)84-48)87-51-38(72)35(69)36(70)41(89-51)46(74)59-28-23(63)11-12-24(28)64/h9,13,20,25-27,29-44,48-52,60,63,65-72,78H,8,10-12,14-17H2,1-7H3,(H2,55,73)(H2,56,77)(H,57,61)(H,58,62)(H,59,74)(H,75,76)(H,79,80)/b19-13+/t20-,25-,26-,27-,29-,30-,31-,32-,33-,34+,35+,36-,37-,38-,39-,40-,41+,42-,43-,44-,48+,49+,50-,51-,52-,54+/m1/s1. The minimum Gasteiger partial charge on any atom is -0.510 e. The maximum atomic E-state index is 13.9. The number of nitrogens with one attached hydrogen (secondary N) is 3. The van der Waals surface area contributed by atoms with Gasteiger partial charge in [-0.25, -0.2) is 14.2 Å². The van der Waals surface area contributed by atoms with Crippen molar-refractivity contribution in [2.75, 3.05) is 26.4 Å². The Kier molecular flexibility index (Phi) is 27.5. The van der Waals surface area contributed by atoms with Crippen LogP contribution >= 0.6 is 7.82 Å². The van der Waals surface area contributed by atoms with Gasteiger partial charge in [-0.05, 0) is 47.5 Å². The molecule has 0 spiro atoms. The number of phosphoric ester groups is 1. The van der Waals surface area contributed by atoms with E-state index in [0.29, 0.717) is 12.8 Å². The van der Waals surface area contributed by atoms with E-state index in [0.717, 1.165) is 31.9 Å². The molecule has 27 atom stereocenters. The van der Waals surface area contributed by atoms with Crippen LogP contribution in [0.5, 0.6) is 0 Å². The topological polar surface area (TPSA) is 608 Å². The summed E-state index contributed by atoms with van der Waals surface area (Å²) >= 11 is 0. The number of allylic oxidation sites excluding steroid dienone is 5. The van der Waals surface area contributed by atoms with E-state index in [4.69, 9.17) is 72.6 Å². The van der Waals surface area contributed by atoms with Crippen molar-refractivity contribution in [2.24, 2.45) is 11.5 Å².